The van der Waals surface area contributed by atoms with Crippen LogP contribution in [0.25, 0.3) is 0 Å². The molecule has 1 amide bonds. The van der Waals surface area contributed by atoms with E-state index >= 15 is 0 Å². The summed E-state index contributed by atoms with van der Waals surface area (Å²) in [5.41, 5.74) is 0.360. The van der Waals surface area contributed by atoms with Crippen LogP contribution in [0.3, 0.4) is 0 Å². The van der Waals surface area contributed by atoms with Gasteiger partial charge >= 0.3 is 6.09 Å². The van der Waals surface area contributed by atoms with Crippen LogP contribution >= 0.6 is 0 Å². The molecular formula is C15H23FN2O3. The summed E-state index contributed by atoms with van der Waals surface area (Å²) >= 11 is 0. The van der Waals surface area contributed by atoms with Gasteiger partial charge in [0.1, 0.15) is 11.4 Å². The molecule has 1 aromatic rings. The van der Waals surface area contributed by atoms with Crippen molar-refractivity contribution in [1.82, 2.24) is 10.6 Å². The van der Waals surface area contributed by atoms with Gasteiger partial charge < -0.3 is 20.5 Å². The average molecular weight is 298 g/mol. The lowest BCUT2D eigenvalue weighted by Crippen LogP contribution is -2.40. The number of aliphatic hydroxyl groups is 1. The molecule has 0 radical (unpaired) electrons. The van der Waals surface area contributed by atoms with E-state index in [9.17, 15) is 14.3 Å². The molecule has 0 aliphatic heterocycles. The summed E-state index contributed by atoms with van der Waals surface area (Å²) in [4.78, 5) is 11.4. The minimum Gasteiger partial charge on any atom is -0.444 e. The molecule has 6 heteroatoms. The first kappa shape index (κ1) is 17.4. The van der Waals surface area contributed by atoms with Gasteiger partial charge in [-0.1, -0.05) is 12.1 Å². The number of hydrogen-bond acceptors (Lipinski definition) is 4. The van der Waals surface area contributed by atoms with Gasteiger partial charge in [-0.2, -0.15) is 0 Å². The van der Waals surface area contributed by atoms with Crippen molar-refractivity contribution in [2.75, 3.05) is 13.1 Å². The fourth-order valence-electron chi connectivity index (χ4n) is 1.57. The number of nitrogens with one attached hydrogen (secondary N) is 2. The Morgan fingerprint density at radius 3 is 2.48 bits per heavy atom. The van der Waals surface area contributed by atoms with E-state index < -0.39 is 17.8 Å². The number of hydrogen-bond donors (Lipinski definition) is 3. The predicted octanol–water partition coefficient (Wildman–Crippen LogP) is 1.80. The van der Waals surface area contributed by atoms with Crippen molar-refractivity contribution in [3.63, 3.8) is 0 Å². The SMILES string of the molecule is CC(C)(C)OC(=O)NC[C@H](O)CNCc1ccc(F)cc1. The maximum absolute atomic E-state index is 12.7. The van der Waals surface area contributed by atoms with E-state index in [-0.39, 0.29) is 12.4 Å². The van der Waals surface area contributed by atoms with Gasteiger partial charge in [-0.3, -0.25) is 0 Å². The Labute approximate surface area is 124 Å². The summed E-state index contributed by atoms with van der Waals surface area (Å²) in [6.07, 6.45) is -1.28. The normalized spacial score (nSPS) is 12.8. The van der Waals surface area contributed by atoms with E-state index in [1.807, 2.05) is 0 Å². The minimum atomic E-state index is -0.724. The smallest absolute Gasteiger partial charge is 0.407 e. The topological polar surface area (TPSA) is 70.6 Å². The lowest BCUT2D eigenvalue weighted by molar-refractivity contribution is 0.0492. The molecule has 0 unspecified atom stereocenters. The third-order valence-corrected chi connectivity index (χ3v) is 2.50. The maximum Gasteiger partial charge on any atom is 0.407 e. The average Bonchev–Trinajstić information content (AvgIpc) is 2.37. The fraction of sp³-hybridized carbons (Fsp3) is 0.533. The molecule has 1 rings (SSSR count). The van der Waals surface area contributed by atoms with Crippen molar-refractivity contribution in [3.8, 4) is 0 Å². The van der Waals surface area contributed by atoms with Crippen molar-refractivity contribution in [1.29, 1.82) is 0 Å². The summed E-state index contributed by atoms with van der Waals surface area (Å²) in [5, 5.41) is 15.2. The van der Waals surface area contributed by atoms with E-state index in [1.54, 1.807) is 32.9 Å². The van der Waals surface area contributed by atoms with E-state index in [4.69, 9.17) is 4.74 Å². The summed E-state index contributed by atoms with van der Waals surface area (Å²) in [6, 6.07) is 6.12. The van der Waals surface area contributed by atoms with Gasteiger partial charge in [0.2, 0.25) is 0 Å². The van der Waals surface area contributed by atoms with E-state index in [1.165, 1.54) is 12.1 Å². The van der Waals surface area contributed by atoms with Crippen molar-refractivity contribution in [2.24, 2.45) is 0 Å². The van der Waals surface area contributed by atoms with Gasteiger partial charge in [0.25, 0.3) is 0 Å². The van der Waals surface area contributed by atoms with Gasteiger partial charge in [-0.15, -0.1) is 0 Å². The van der Waals surface area contributed by atoms with E-state index in [2.05, 4.69) is 10.6 Å². The number of ether oxygens (including phenoxy) is 1. The highest BCUT2D eigenvalue weighted by Gasteiger charge is 2.16. The number of alkyl carbamates (subject to hydrolysis) is 1. The number of aliphatic hydroxyl groups excluding tert-OH is 1. The fourth-order valence-corrected chi connectivity index (χ4v) is 1.57. The highest BCUT2D eigenvalue weighted by Crippen LogP contribution is 2.06. The van der Waals surface area contributed by atoms with Gasteiger partial charge in [0, 0.05) is 19.6 Å². The molecule has 118 valence electrons. The van der Waals surface area contributed by atoms with Crippen LogP contribution in [-0.2, 0) is 11.3 Å². The predicted molar refractivity (Wildman–Crippen MR) is 78.4 cm³/mol. The first-order valence-corrected chi connectivity index (χ1v) is 6.86. The molecule has 1 aromatic carbocycles. The Morgan fingerprint density at radius 1 is 1.29 bits per heavy atom. The molecular weight excluding hydrogens is 275 g/mol. The molecule has 0 fully saturated rings. The third-order valence-electron chi connectivity index (χ3n) is 2.50. The van der Waals surface area contributed by atoms with Crippen molar-refractivity contribution in [3.05, 3.63) is 35.6 Å². The molecule has 5 nitrogen and oxygen atoms in total. The molecule has 0 aliphatic carbocycles. The number of benzene rings is 1. The Bertz CT molecular complexity index is 443. The quantitative estimate of drug-likeness (QED) is 0.749. The zero-order valence-electron chi connectivity index (χ0n) is 12.6. The molecule has 0 saturated heterocycles. The molecule has 0 spiro atoms. The van der Waals surface area contributed by atoms with Crippen LogP contribution in [0.5, 0.6) is 0 Å². The second kappa shape index (κ2) is 7.95. The van der Waals surface area contributed by atoms with Crippen LogP contribution in [0.15, 0.2) is 24.3 Å². The maximum atomic E-state index is 12.7. The van der Waals surface area contributed by atoms with Gasteiger partial charge in [-0.25, -0.2) is 9.18 Å². The monoisotopic (exact) mass is 298 g/mol. The molecule has 0 saturated carbocycles. The third kappa shape index (κ3) is 8.27. The Balaban J connectivity index is 2.18. The summed E-state index contributed by atoms with van der Waals surface area (Å²) in [7, 11) is 0. The molecule has 0 heterocycles. The highest BCUT2D eigenvalue weighted by molar-refractivity contribution is 5.67. The van der Waals surface area contributed by atoms with E-state index in [0.717, 1.165) is 5.56 Å². The van der Waals surface area contributed by atoms with Crippen LogP contribution in [0.1, 0.15) is 26.3 Å². The van der Waals surface area contributed by atoms with Crippen molar-refractivity contribution in [2.45, 2.75) is 39.0 Å². The van der Waals surface area contributed by atoms with Crippen LogP contribution in [-0.4, -0.2) is 36.0 Å². The number of halogens is 1. The molecule has 0 aromatic heterocycles. The second-order valence-corrected chi connectivity index (χ2v) is 5.79. The Morgan fingerprint density at radius 2 is 1.90 bits per heavy atom. The second-order valence-electron chi connectivity index (χ2n) is 5.79. The van der Waals surface area contributed by atoms with Gasteiger partial charge in [-0.05, 0) is 38.5 Å². The van der Waals surface area contributed by atoms with Gasteiger partial charge in [0.05, 0.1) is 6.10 Å². The zero-order valence-corrected chi connectivity index (χ0v) is 12.6. The zero-order chi connectivity index (χ0) is 15.9. The standard InChI is InChI=1S/C15H23FN2O3/c1-15(2,3)21-14(20)18-10-13(19)9-17-8-11-4-6-12(16)7-5-11/h4-7,13,17,19H,8-10H2,1-3H3,(H,18,20)/t13-/m1/s1. The summed E-state index contributed by atoms with van der Waals surface area (Å²) in [5.74, 6) is -0.277. The lowest BCUT2D eigenvalue weighted by Gasteiger charge is -2.20. The Kier molecular flexibility index (Phi) is 6.58. The molecule has 0 bridgehead atoms. The van der Waals surface area contributed by atoms with E-state index in [0.29, 0.717) is 13.1 Å². The van der Waals surface area contributed by atoms with Gasteiger partial charge in [0.15, 0.2) is 0 Å². The minimum absolute atomic E-state index is 0.103. The molecule has 3 N–H and O–H groups in total. The Hall–Kier alpha value is -1.66. The number of carbonyl (C=O) groups is 1. The number of rotatable bonds is 6. The van der Waals surface area contributed by atoms with Crippen molar-refractivity contribution >= 4 is 6.09 Å². The van der Waals surface area contributed by atoms with Crippen LogP contribution in [0, 0.1) is 5.82 Å². The largest absolute Gasteiger partial charge is 0.444 e. The summed E-state index contributed by atoms with van der Waals surface area (Å²) < 4.78 is 17.8. The number of carbonyl (C=O) groups excluding carboxylic acids is 1. The number of amides is 1. The molecule has 0 aliphatic rings. The highest BCUT2D eigenvalue weighted by atomic mass is 19.1. The first-order valence-electron chi connectivity index (χ1n) is 6.86. The first-order chi connectivity index (χ1) is 9.76. The van der Waals surface area contributed by atoms with Crippen LogP contribution in [0.2, 0.25) is 0 Å². The summed E-state index contributed by atoms with van der Waals surface area (Å²) in [6.45, 7) is 6.25. The van der Waals surface area contributed by atoms with Crippen LogP contribution in [0.4, 0.5) is 9.18 Å². The molecule has 21 heavy (non-hydrogen) atoms. The molecule has 1 atom stereocenters. The lowest BCUT2D eigenvalue weighted by atomic mass is 10.2. The van der Waals surface area contributed by atoms with Crippen molar-refractivity contribution < 1.29 is 19.0 Å². The van der Waals surface area contributed by atoms with Crippen LogP contribution < -0.4 is 10.6 Å².